The molecule has 0 aliphatic rings. The molecule has 1 aromatic carbocycles. The van der Waals surface area contributed by atoms with Gasteiger partial charge in [0.2, 0.25) is 0 Å². The monoisotopic (exact) mass is 223 g/mol. The normalized spacial score (nSPS) is 7.69. The van der Waals surface area contributed by atoms with Crippen LogP contribution in [-0.2, 0) is 4.79 Å². The zero-order chi connectivity index (χ0) is 8.10. The quantitative estimate of drug-likeness (QED) is 0.757. The largest absolute Gasteiger partial charge is 0.546 e. The van der Waals surface area contributed by atoms with Gasteiger partial charge in [0.1, 0.15) is 12.4 Å². The van der Waals surface area contributed by atoms with E-state index in [-0.39, 0.29) is 24.8 Å². The van der Waals surface area contributed by atoms with E-state index in [1.165, 1.54) is 0 Å². The lowest BCUT2D eigenvalue weighted by Crippen LogP contribution is -2.28. The van der Waals surface area contributed by atoms with E-state index in [0.717, 1.165) is 0 Å². The van der Waals surface area contributed by atoms with E-state index < -0.39 is 12.6 Å². The lowest BCUT2D eigenvalue weighted by Gasteiger charge is -2.04. The third-order valence-corrected chi connectivity index (χ3v) is 1.10. The summed E-state index contributed by atoms with van der Waals surface area (Å²) >= 11 is 0. The number of benzene rings is 1. The van der Waals surface area contributed by atoms with Gasteiger partial charge in [-0.25, -0.2) is 0 Å². The van der Waals surface area contributed by atoms with E-state index in [9.17, 15) is 9.90 Å². The molecule has 1 rings (SSSR count). The van der Waals surface area contributed by atoms with Crippen molar-refractivity contribution < 1.29 is 14.6 Å². The van der Waals surface area contributed by atoms with Gasteiger partial charge in [0.15, 0.2) is 0 Å². The molecule has 0 aliphatic heterocycles. The van der Waals surface area contributed by atoms with Crippen molar-refractivity contribution in [2.24, 2.45) is 0 Å². The third-order valence-electron chi connectivity index (χ3n) is 1.10. The summed E-state index contributed by atoms with van der Waals surface area (Å²) in [7, 11) is 0. The van der Waals surface area contributed by atoms with Crippen LogP contribution in [0.5, 0.6) is 5.75 Å². The summed E-state index contributed by atoms with van der Waals surface area (Å²) in [4.78, 5) is 9.94. The van der Waals surface area contributed by atoms with Crippen molar-refractivity contribution >= 4 is 30.8 Å². The maximum atomic E-state index is 9.94. The standard InChI is InChI=1S/C8H8O3.2ClH/c9-8(10)6-11-7-4-2-1-3-5-7;;/h1-5H,6H2,(H,9,10);2*1H/p-1. The highest BCUT2D eigenvalue weighted by molar-refractivity contribution is 5.85. The highest BCUT2D eigenvalue weighted by atomic mass is 35.5. The fraction of sp³-hybridized carbons (Fsp3) is 0.125. The molecule has 0 unspecified atom stereocenters. The van der Waals surface area contributed by atoms with E-state index in [2.05, 4.69) is 0 Å². The van der Waals surface area contributed by atoms with Gasteiger partial charge in [0.25, 0.3) is 0 Å². The molecule has 0 bridgehead atoms. The molecule has 0 saturated heterocycles. The van der Waals surface area contributed by atoms with Crippen molar-refractivity contribution in [2.45, 2.75) is 0 Å². The zero-order valence-electron chi connectivity index (χ0n) is 6.64. The van der Waals surface area contributed by atoms with Crippen LogP contribution >= 0.6 is 24.8 Å². The van der Waals surface area contributed by atoms with Crippen molar-refractivity contribution in [1.29, 1.82) is 0 Å². The smallest absolute Gasteiger partial charge is 0.128 e. The number of carbonyl (C=O) groups excluding carboxylic acids is 1. The molecule has 0 heterocycles. The van der Waals surface area contributed by atoms with Crippen molar-refractivity contribution in [2.75, 3.05) is 6.61 Å². The summed E-state index contributed by atoms with van der Waals surface area (Å²) in [6.45, 7) is -0.399. The molecule has 0 amide bonds. The molecule has 0 radical (unpaired) electrons. The number of rotatable bonds is 3. The lowest BCUT2D eigenvalue weighted by molar-refractivity contribution is -0.307. The second-order valence-electron chi connectivity index (χ2n) is 1.97. The predicted octanol–water partition coefficient (Wildman–Crippen LogP) is 0.659. The van der Waals surface area contributed by atoms with Gasteiger partial charge in [0, 0.05) is 0 Å². The number of carboxylic acids is 1. The Balaban J connectivity index is 0. The summed E-state index contributed by atoms with van der Waals surface area (Å²) in [5, 5.41) is 9.94. The molecular formula is C8H9Cl2O3-. The first-order chi connectivity index (χ1) is 5.29. The van der Waals surface area contributed by atoms with Gasteiger partial charge >= 0.3 is 0 Å². The first-order valence-electron chi connectivity index (χ1n) is 3.17. The fourth-order valence-electron chi connectivity index (χ4n) is 0.659. The second-order valence-corrected chi connectivity index (χ2v) is 1.97. The molecule has 74 valence electrons. The Kier molecular flexibility index (Phi) is 8.65. The zero-order valence-corrected chi connectivity index (χ0v) is 8.27. The van der Waals surface area contributed by atoms with Crippen molar-refractivity contribution in [3.05, 3.63) is 30.3 Å². The number of carboxylic acid groups (broad SMARTS) is 1. The topological polar surface area (TPSA) is 49.4 Å². The number of carbonyl (C=O) groups is 1. The summed E-state index contributed by atoms with van der Waals surface area (Å²) in [6.07, 6.45) is 0. The van der Waals surface area contributed by atoms with Crippen molar-refractivity contribution in [1.82, 2.24) is 0 Å². The van der Waals surface area contributed by atoms with Crippen molar-refractivity contribution in [3.63, 3.8) is 0 Å². The number of para-hydroxylation sites is 1. The van der Waals surface area contributed by atoms with Gasteiger partial charge in [-0.1, -0.05) is 18.2 Å². The minimum absolute atomic E-state index is 0. The molecule has 13 heavy (non-hydrogen) atoms. The minimum atomic E-state index is -1.21. The molecule has 0 aromatic heterocycles. The lowest BCUT2D eigenvalue weighted by atomic mass is 10.3. The SMILES string of the molecule is Cl.Cl.O=C([O-])COc1ccccc1. The van der Waals surface area contributed by atoms with Crippen molar-refractivity contribution in [3.8, 4) is 5.75 Å². The fourth-order valence-corrected chi connectivity index (χ4v) is 0.659. The van der Waals surface area contributed by atoms with E-state index in [1.54, 1.807) is 24.3 Å². The van der Waals surface area contributed by atoms with Crippen LogP contribution in [0.25, 0.3) is 0 Å². The Labute approximate surface area is 88.5 Å². The third kappa shape index (κ3) is 6.25. The van der Waals surface area contributed by atoms with Crippen LogP contribution in [0, 0.1) is 0 Å². The predicted molar refractivity (Wildman–Crippen MR) is 51.4 cm³/mol. The van der Waals surface area contributed by atoms with Crippen LogP contribution in [0.1, 0.15) is 0 Å². The Morgan fingerprint density at radius 2 is 1.77 bits per heavy atom. The highest BCUT2D eigenvalue weighted by Gasteiger charge is 1.89. The van der Waals surface area contributed by atoms with Gasteiger partial charge in [-0.15, -0.1) is 24.8 Å². The van der Waals surface area contributed by atoms with Gasteiger partial charge in [-0.05, 0) is 12.1 Å². The van der Waals surface area contributed by atoms with Crippen LogP contribution in [0.3, 0.4) is 0 Å². The van der Waals surface area contributed by atoms with Gasteiger partial charge in [-0.3, -0.25) is 0 Å². The minimum Gasteiger partial charge on any atom is -0.546 e. The summed E-state index contributed by atoms with van der Waals surface area (Å²) in [6, 6.07) is 8.73. The Morgan fingerprint density at radius 1 is 1.23 bits per heavy atom. The second kappa shape index (κ2) is 7.71. The number of aliphatic carboxylic acids is 1. The first kappa shape index (κ1) is 14.6. The highest BCUT2D eigenvalue weighted by Crippen LogP contribution is 2.07. The van der Waals surface area contributed by atoms with E-state index >= 15 is 0 Å². The summed E-state index contributed by atoms with van der Waals surface area (Å²) < 4.78 is 4.81. The Morgan fingerprint density at radius 3 is 2.23 bits per heavy atom. The number of halogens is 2. The molecule has 0 N–H and O–H groups in total. The molecule has 0 spiro atoms. The molecule has 5 heteroatoms. The average Bonchev–Trinajstić information content (AvgIpc) is 2.03. The molecule has 0 aliphatic carbocycles. The van der Waals surface area contributed by atoms with E-state index in [4.69, 9.17) is 4.74 Å². The molecular weight excluding hydrogens is 215 g/mol. The molecule has 3 nitrogen and oxygen atoms in total. The molecule has 0 fully saturated rings. The number of hydrogen-bond donors (Lipinski definition) is 0. The molecule has 0 saturated carbocycles. The van der Waals surface area contributed by atoms with E-state index in [0.29, 0.717) is 5.75 Å². The van der Waals surface area contributed by atoms with E-state index in [1.807, 2.05) is 6.07 Å². The number of hydrogen-bond acceptors (Lipinski definition) is 3. The van der Waals surface area contributed by atoms with Crippen LogP contribution in [-0.4, -0.2) is 12.6 Å². The van der Waals surface area contributed by atoms with Crippen LogP contribution in [0.15, 0.2) is 30.3 Å². The van der Waals surface area contributed by atoms with Crippen LogP contribution in [0.2, 0.25) is 0 Å². The maximum absolute atomic E-state index is 9.94. The van der Waals surface area contributed by atoms with Gasteiger partial charge < -0.3 is 14.6 Å². The van der Waals surface area contributed by atoms with Crippen LogP contribution in [0.4, 0.5) is 0 Å². The molecule has 0 atom stereocenters. The first-order valence-corrected chi connectivity index (χ1v) is 3.17. The summed E-state index contributed by atoms with van der Waals surface area (Å²) in [5.41, 5.74) is 0. The average molecular weight is 224 g/mol. The Bertz CT molecular complexity index is 238. The van der Waals surface area contributed by atoms with Gasteiger partial charge in [-0.2, -0.15) is 0 Å². The van der Waals surface area contributed by atoms with Gasteiger partial charge in [0.05, 0.1) is 5.97 Å². The molecule has 1 aromatic rings. The summed E-state index contributed by atoms with van der Waals surface area (Å²) in [5.74, 6) is -0.675. The number of ether oxygens (including phenoxy) is 1. The van der Waals surface area contributed by atoms with Crippen LogP contribution < -0.4 is 9.84 Å². The Hall–Kier alpha value is -0.930. The maximum Gasteiger partial charge on any atom is 0.128 e.